The maximum atomic E-state index is 13.3. The Balaban J connectivity index is 2.36. The van der Waals surface area contributed by atoms with Gasteiger partial charge in [-0.15, -0.1) is 0 Å². The molecule has 0 aliphatic heterocycles. The highest BCUT2D eigenvalue weighted by Gasteiger charge is 2.27. The van der Waals surface area contributed by atoms with Crippen molar-refractivity contribution >= 4 is 33.2 Å². The zero-order valence-corrected chi connectivity index (χ0v) is 18.1. The predicted molar refractivity (Wildman–Crippen MR) is 113 cm³/mol. The van der Waals surface area contributed by atoms with Crippen LogP contribution in [-0.2, 0) is 14.8 Å². The van der Waals surface area contributed by atoms with Gasteiger partial charge >= 0.3 is 0 Å². The zero-order valence-electron chi connectivity index (χ0n) is 16.6. The summed E-state index contributed by atoms with van der Waals surface area (Å²) >= 11 is 6.20. The lowest BCUT2D eigenvalue weighted by molar-refractivity contribution is -0.119. The van der Waals surface area contributed by atoms with Gasteiger partial charge in [0.15, 0.2) is 0 Å². The van der Waals surface area contributed by atoms with E-state index in [1.54, 1.807) is 30.3 Å². The first-order valence-electron chi connectivity index (χ1n) is 8.88. The SMILES string of the molecule is Cc1ccc(S(=O)(=O)N(CC(=O)NCCN(C)C)c2ccc(C)c(Cl)c2)cc1. The number of carbonyl (C=O) groups is 1. The fraction of sp³-hybridized carbons (Fsp3) is 0.350. The van der Waals surface area contributed by atoms with Crippen LogP contribution in [0.25, 0.3) is 0 Å². The van der Waals surface area contributed by atoms with Crippen molar-refractivity contribution in [1.29, 1.82) is 0 Å². The lowest BCUT2D eigenvalue weighted by Gasteiger charge is -2.25. The molecular weight excluding hydrogens is 398 g/mol. The molecule has 0 saturated carbocycles. The Morgan fingerprint density at radius 2 is 1.71 bits per heavy atom. The second-order valence-corrected chi connectivity index (χ2v) is 9.18. The van der Waals surface area contributed by atoms with Gasteiger partial charge < -0.3 is 10.2 Å². The Bertz CT molecular complexity index is 928. The number of nitrogens with one attached hydrogen (secondary N) is 1. The second kappa shape index (κ2) is 9.41. The number of aryl methyl sites for hydroxylation is 2. The Hall–Kier alpha value is -2.09. The van der Waals surface area contributed by atoms with Crippen molar-refractivity contribution in [1.82, 2.24) is 10.2 Å². The van der Waals surface area contributed by atoms with Crippen LogP contribution in [0.15, 0.2) is 47.4 Å². The number of nitrogens with zero attached hydrogens (tertiary/aromatic N) is 2. The van der Waals surface area contributed by atoms with Crippen LogP contribution < -0.4 is 9.62 Å². The van der Waals surface area contributed by atoms with E-state index in [4.69, 9.17) is 11.6 Å². The minimum atomic E-state index is -3.93. The van der Waals surface area contributed by atoms with Gasteiger partial charge in [-0.3, -0.25) is 9.10 Å². The number of halogens is 1. The lowest BCUT2D eigenvalue weighted by atomic mass is 10.2. The molecule has 0 spiro atoms. The minimum absolute atomic E-state index is 0.121. The molecule has 0 aliphatic rings. The predicted octanol–water partition coefficient (Wildman–Crippen LogP) is 2.83. The highest BCUT2D eigenvalue weighted by Crippen LogP contribution is 2.28. The molecule has 8 heteroatoms. The van der Waals surface area contributed by atoms with Crippen molar-refractivity contribution in [3.05, 3.63) is 58.6 Å². The smallest absolute Gasteiger partial charge is 0.264 e. The summed E-state index contributed by atoms with van der Waals surface area (Å²) in [5.41, 5.74) is 2.12. The van der Waals surface area contributed by atoms with E-state index in [-0.39, 0.29) is 17.3 Å². The number of likely N-dealkylation sites (N-methyl/N-ethyl adjacent to an activating group) is 1. The summed E-state index contributed by atoms with van der Waals surface area (Å²) in [6.45, 7) is 4.47. The molecule has 1 N–H and O–H groups in total. The number of hydrogen-bond acceptors (Lipinski definition) is 4. The third-order valence-electron chi connectivity index (χ3n) is 4.22. The van der Waals surface area contributed by atoms with Crippen molar-refractivity contribution in [3.8, 4) is 0 Å². The van der Waals surface area contributed by atoms with Crippen LogP contribution in [0.4, 0.5) is 5.69 Å². The van der Waals surface area contributed by atoms with E-state index < -0.39 is 10.0 Å². The van der Waals surface area contributed by atoms with E-state index in [1.165, 1.54) is 12.1 Å². The van der Waals surface area contributed by atoms with Crippen LogP contribution in [0, 0.1) is 13.8 Å². The van der Waals surface area contributed by atoms with Gasteiger partial charge in [0.05, 0.1) is 10.6 Å². The number of sulfonamides is 1. The summed E-state index contributed by atoms with van der Waals surface area (Å²) < 4.78 is 27.6. The molecule has 2 aromatic rings. The molecule has 2 aromatic carbocycles. The molecule has 0 unspecified atom stereocenters. The van der Waals surface area contributed by atoms with Gasteiger partial charge in [0.25, 0.3) is 10.0 Å². The first-order chi connectivity index (χ1) is 13.1. The Kier molecular flexibility index (Phi) is 7.46. The van der Waals surface area contributed by atoms with Gasteiger partial charge in [0.1, 0.15) is 6.54 Å². The number of benzene rings is 2. The number of rotatable bonds is 8. The second-order valence-electron chi connectivity index (χ2n) is 6.91. The van der Waals surface area contributed by atoms with Crippen molar-refractivity contribution in [2.24, 2.45) is 0 Å². The van der Waals surface area contributed by atoms with Gasteiger partial charge in [-0.25, -0.2) is 8.42 Å². The average molecular weight is 424 g/mol. The van der Waals surface area contributed by atoms with E-state index >= 15 is 0 Å². The van der Waals surface area contributed by atoms with Crippen LogP contribution in [0.5, 0.6) is 0 Å². The summed E-state index contributed by atoms with van der Waals surface area (Å²) in [7, 11) is -0.139. The molecule has 0 radical (unpaired) electrons. The van der Waals surface area contributed by atoms with Gasteiger partial charge in [0, 0.05) is 18.1 Å². The number of anilines is 1. The van der Waals surface area contributed by atoms with E-state index in [2.05, 4.69) is 5.32 Å². The molecule has 1 amide bonds. The van der Waals surface area contributed by atoms with Gasteiger partial charge in [-0.1, -0.05) is 35.4 Å². The molecule has 152 valence electrons. The molecular formula is C20H26ClN3O3S. The molecule has 0 fully saturated rings. The molecule has 0 atom stereocenters. The number of amides is 1. The van der Waals surface area contributed by atoms with Crippen molar-refractivity contribution in [2.75, 3.05) is 38.0 Å². The fourth-order valence-electron chi connectivity index (χ4n) is 2.49. The quantitative estimate of drug-likeness (QED) is 0.708. The Labute approximate surface area is 172 Å². The van der Waals surface area contributed by atoms with Crippen LogP contribution in [0.3, 0.4) is 0 Å². The molecule has 0 aliphatic carbocycles. The molecule has 6 nitrogen and oxygen atoms in total. The fourth-order valence-corrected chi connectivity index (χ4v) is 4.08. The third kappa shape index (κ3) is 5.70. The van der Waals surface area contributed by atoms with Crippen LogP contribution in [-0.4, -0.2) is 53.0 Å². The first kappa shape index (κ1) is 22.2. The number of hydrogen-bond donors (Lipinski definition) is 1. The maximum absolute atomic E-state index is 13.3. The van der Waals surface area contributed by atoms with Crippen LogP contribution in [0.2, 0.25) is 5.02 Å². The van der Waals surface area contributed by atoms with E-state index in [0.717, 1.165) is 15.4 Å². The summed E-state index contributed by atoms with van der Waals surface area (Å²) in [5.74, 6) is -0.380. The molecule has 0 aromatic heterocycles. The van der Waals surface area contributed by atoms with Crippen LogP contribution in [0.1, 0.15) is 11.1 Å². The number of carbonyl (C=O) groups excluding carboxylic acids is 1. The molecule has 0 bridgehead atoms. The van der Waals surface area contributed by atoms with E-state index in [0.29, 0.717) is 23.8 Å². The highest BCUT2D eigenvalue weighted by molar-refractivity contribution is 7.92. The molecule has 2 rings (SSSR count). The zero-order chi connectivity index (χ0) is 20.9. The Morgan fingerprint density at radius 1 is 1.07 bits per heavy atom. The molecule has 0 heterocycles. The van der Waals surface area contributed by atoms with Crippen LogP contribution >= 0.6 is 11.6 Å². The van der Waals surface area contributed by atoms with Gasteiger partial charge in [0.2, 0.25) is 5.91 Å². The molecule has 0 saturated heterocycles. The van der Waals surface area contributed by atoms with Crippen molar-refractivity contribution in [2.45, 2.75) is 18.7 Å². The van der Waals surface area contributed by atoms with Crippen molar-refractivity contribution < 1.29 is 13.2 Å². The monoisotopic (exact) mass is 423 g/mol. The summed E-state index contributed by atoms with van der Waals surface area (Å²) in [5, 5.41) is 3.19. The third-order valence-corrected chi connectivity index (χ3v) is 6.42. The minimum Gasteiger partial charge on any atom is -0.353 e. The summed E-state index contributed by atoms with van der Waals surface area (Å²) in [6, 6.07) is 11.5. The standard InChI is InChI=1S/C20H26ClN3O3S/c1-15-5-9-18(10-6-15)28(26,27)24(14-20(25)22-11-12-23(3)4)17-8-7-16(2)19(21)13-17/h5-10,13H,11-12,14H2,1-4H3,(H,22,25). The Morgan fingerprint density at radius 3 is 2.29 bits per heavy atom. The van der Waals surface area contributed by atoms with E-state index in [1.807, 2.05) is 32.8 Å². The first-order valence-corrected chi connectivity index (χ1v) is 10.7. The summed E-state index contributed by atoms with van der Waals surface area (Å²) in [4.78, 5) is 14.5. The normalized spacial score (nSPS) is 11.5. The average Bonchev–Trinajstić information content (AvgIpc) is 2.62. The lowest BCUT2D eigenvalue weighted by Crippen LogP contribution is -2.42. The maximum Gasteiger partial charge on any atom is 0.264 e. The molecule has 28 heavy (non-hydrogen) atoms. The topological polar surface area (TPSA) is 69.7 Å². The van der Waals surface area contributed by atoms with Gasteiger partial charge in [-0.2, -0.15) is 0 Å². The van der Waals surface area contributed by atoms with Gasteiger partial charge in [-0.05, 0) is 57.8 Å². The highest BCUT2D eigenvalue weighted by atomic mass is 35.5. The van der Waals surface area contributed by atoms with Crippen molar-refractivity contribution in [3.63, 3.8) is 0 Å². The largest absolute Gasteiger partial charge is 0.353 e. The summed E-state index contributed by atoms with van der Waals surface area (Å²) in [6.07, 6.45) is 0. The van der Waals surface area contributed by atoms with E-state index in [9.17, 15) is 13.2 Å².